The second-order valence-corrected chi connectivity index (χ2v) is 8.25. The van der Waals surface area contributed by atoms with Crippen LogP contribution in [0.5, 0.6) is 0 Å². The van der Waals surface area contributed by atoms with Gasteiger partial charge in [-0.1, -0.05) is 39.9 Å². The van der Waals surface area contributed by atoms with Gasteiger partial charge in [-0.15, -0.1) is 0 Å². The van der Waals surface area contributed by atoms with Crippen LogP contribution in [0.1, 0.15) is 52.5 Å². The number of benzene rings is 1. The topological polar surface area (TPSA) is 38.0 Å². The molecular weight excluding hydrogens is 283 g/mol. The van der Waals surface area contributed by atoms with Crippen molar-refractivity contribution in [3.63, 3.8) is 0 Å². The molecule has 1 aliphatic rings. The minimum Gasteiger partial charge on any atom is -0.389 e. The Bertz CT molecular complexity index is 536. The number of hydrogen-bond acceptors (Lipinski definition) is 2. The molecule has 0 amide bonds. The van der Waals surface area contributed by atoms with Gasteiger partial charge in [0, 0.05) is 17.3 Å². The summed E-state index contributed by atoms with van der Waals surface area (Å²) in [5, 5.41) is 3.47. The minimum atomic E-state index is -0.359. The van der Waals surface area contributed by atoms with Crippen molar-refractivity contribution in [1.82, 2.24) is 0 Å². The second kappa shape index (κ2) is 5.56. The first-order valence-corrected chi connectivity index (χ1v) is 7.85. The highest BCUT2D eigenvalue weighted by Crippen LogP contribution is 2.46. The van der Waals surface area contributed by atoms with Gasteiger partial charge < -0.3 is 11.1 Å². The monoisotopic (exact) mass is 308 g/mol. The maximum Gasteiger partial charge on any atom is 0.135 e. The Morgan fingerprint density at radius 3 is 2.29 bits per heavy atom. The Morgan fingerprint density at radius 2 is 1.81 bits per heavy atom. The summed E-state index contributed by atoms with van der Waals surface area (Å²) in [6, 6.07) is 5.35. The zero-order valence-electron chi connectivity index (χ0n) is 13.3. The number of nitrogens with one attached hydrogen (secondary N) is 1. The van der Waals surface area contributed by atoms with Crippen molar-refractivity contribution in [1.29, 1.82) is 0 Å². The van der Waals surface area contributed by atoms with E-state index in [-0.39, 0.29) is 10.8 Å². The highest BCUT2D eigenvalue weighted by Gasteiger charge is 2.38. The molecule has 116 valence electrons. The van der Waals surface area contributed by atoms with Crippen LogP contribution < -0.4 is 11.1 Å². The van der Waals surface area contributed by atoms with Gasteiger partial charge in [-0.2, -0.15) is 0 Å². The lowest BCUT2D eigenvalue weighted by Crippen LogP contribution is -2.40. The van der Waals surface area contributed by atoms with Gasteiger partial charge >= 0.3 is 0 Å². The summed E-state index contributed by atoms with van der Waals surface area (Å²) in [5.41, 5.74) is 7.20. The predicted octanol–water partition coefficient (Wildman–Crippen LogP) is 4.48. The van der Waals surface area contributed by atoms with E-state index >= 15 is 0 Å². The van der Waals surface area contributed by atoms with E-state index in [0.29, 0.717) is 22.4 Å². The SMILES string of the molecule is CC1(C)CC(Nc2ccc(C(N)=S)c(F)c2)CC(C)(C)C1. The van der Waals surface area contributed by atoms with E-state index in [9.17, 15) is 4.39 Å². The van der Waals surface area contributed by atoms with Crippen molar-refractivity contribution in [2.45, 2.75) is 53.0 Å². The third-order valence-electron chi connectivity index (χ3n) is 4.16. The summed E-state index contributed by atoms with van der Waals surface area (Å²) in [6.45, 7) is 9.22. The molecule has 0 bridgehead atoms. The maximum atomic E-state index is 14.0. The lowest BCUT2D eigenvalue weighted by Gasteiger charge is -2.45. The third-order valence-corrected chi connectivity index (χ3v) is 4.38. The average Bonchev–Trinajstić information content (AvgIpc) is 2.23. The van der Waals surface area contributed by atoms with Crippen LogP contribution in [0.3, 0.4) is 0 Å². The van der Waals surface area contributed by atoms with Gasteiger partial charge in [-0.05, 0) is 48.3 Å². The average molecular weight is 308 g/mol. The molecule has 1 aromatic carbocycles. The van der Waals surface area contributed by atoms with Crippen molar-refractivity contribution >= 4 is 22.9 Å². The molecule has 1 saturated carbocycles. The van der Waals surface area contributed by atoms with Crippen LogP contribution in [0, 0.1) is 16.6 Å². The normalized spacial score (nSPS) is 21.0. The number of nitrogens with two attached hydrogens (primary N) is 1. The van der Waals surface area contributed by atoms with Crippen LogP contribution in [0.4, 0.5) is 10.1 Å². The summed E-state index contributed by atoms with van der Waals surface area (Å²) in [6.07, 6.45) is 3.40. The van der Waals surface area contributed by atoms with E-state index in [0.717, 1.165) is 18.5 Å². The van der Waals surface area contributed by atoms with E-state index in [4.69, 9.17) is 18.0 Å². The molecule has 1 aromatic rings. The fraction of sp³-hybridized carbons (Fsp3) is 0.588. The van der Waals surface area contributed by atoms with Crippen LogP contribution >= 0.6 is 12.2 Å². The summed E-state index contributed by atoms with van der Waals surface area (Å²) < 4.78 is 14.0. The van der Waals surface area contributed by atoms with E-state index in [1.807, 2.05) is 6.07 Å². The molecular formula is C17H25FN2S. The molecule has 1 fully saturated rings. The van der Waals surface area contributed by atoms with Crippen LogP contribution in [-0.4, -0.2) is 11.0 Å². The first-order valence-electron chi connectivity index (χ1n) is 7.44. The number of halogens is 1. The molecule has 0 aromatic heterocycles. The molecule has 3 N–H and O–H groups in total. The Morgan fingerprint density at radius 1 is 1.24 bits per heavy atom. The van der Waals surface area contributed by atoms with Gasteiger partial charge in [0.05, 0.1) is 0 Å². The molecule has 0 unspecified atom stereocenters. The van der Waals surface area contributed by atoms with Crippen LogP contribution in [-0.2, 0) is 0 Å². The summed E-state index contributed by atoms with van der Waals surface area (Å²) in [5.74, 6) is -0.359. The first-order chi connectivity index (χ1) is 9.58. The van der Waals surface area contributed by atoms with E-state index in [2.05, 4.69) is 33.0 Å². The van der Waals surface area contributed by atoms with Crippen molar-refractivity contribution < 1.29 is 4.39 Å². The fourth-order valence-corrected chi connectivity index (χ4v) is 4.15. The maximum absolute atomic E-state index is 14.0. The number of rotatable bonds is 3. The molecule has 0 heterocycles. The van der Waals surface area contributed by atoms with Gasteiger partial charge in [0.15, 0.2) is 0 Å². The lowest BCUT2D eigenvalue weighted by atomic mass is 9.63. The number of thiocarbonyl (C=S) groups is 1. The molecule has 21 heavy (non-hydrogen) atoms. The third kappa shape index (κ3) is 4.16. The predicted molar refractivity (Wildman–Crippen MR) is 91.1 cm³/mol. The molecule has 0 aliphatic heterocycles. The fourth-order valence-electron chi connectivity index (χ4n) is 3.99. The number of anilines is 1. The summed E-state index contributed by atoms with van der Waals surface area (Å²) in [7, 11) is 0. The Hall–Kier alpha value is -1.16. The van der Waals surface area contributed by atoms with E-state index in [1.165, 1.54) is 12.5 Å². The Kier molecular flexibility index (Phi) is 4.29. The molecule has 2 rings (SSSR count). The Balaban J connectivity index is 2.14. The molecule has 0 saturated heterocycles. The van der Waals surface area contributed by atoms with Crippen molar-refractivity contribution in [3.05, 3.63) is 29.6 Å². The summed E-state index contributed by atoms with van der Waals surface area (Å²) in [4.78, 5) is 0.0963. The van der Waals surface area contributed by atoms with E-state index < -0.39 is 0 Å². The van der Waals surface area contributed by atoms with Gasteiger partial charge in [0.1, 0.15) is 10.8 Å². The molecule has 0 radical (unpaired) electrons. The van der Waals surface area contributed by atoms with Crippen LogP contribution in [0.15, 0.2) is 18.2 Å². The standard InChI is InChI=1S/C17H25FN2S/c1-16(2)8-12(9-17(3,4)10-16)20-11-5-6-13(15(19)21)14(18)7-11/h5-7,12,20H,8-10H2,1-4H3,(H2,19,21). The quantitative estimate of drug-likeness (QED) is 0.809. The molecule has 0 atom stereocenters. The zero-order valence-corrected chi connectivity index (χ0v) is 14.1. The van der Waals surface area contributed by atoms with Gasteiger partial charge in [-0.25, -0.2) is 4.39 Å². The number of hydrogen-bond donors (Lipinski definition) is 2. The lowest BCUT2D eigenvalue weighted by molar-refractivity contribution is 0.105. The van der Waals surface area contributed by atoms with E-state index in [1.54, 1.807) is 6.07 Å². The zero-order chi connectivity index (χ0) is 15.8. The van der Waals surface area contributed by atoms with Crippen molar-refractivity contribution in [3.8, 4) is 0 Å². The highest BCUT2D eigenvalue weighted by atomic mass is 32.1. The largest absolute Gasteiger partial charge is 0.389 e. The van der Waals surface area contributed by atoms with Crippen LogP contribution in [0.25, 0.3) is 0 Å². The van der Waals surface area contributed by atoms with Gasteiger partial charge in [0.2, 0.25) is 0 Å². The first kappa shape index (κ1) is 16.2. The molecule has 2 nitrogen and oxygen atoms in total. The highest BCUT2D eigenvalue weighted by molar-refractivity contribution is 7.80. The molecule has 0 spiro atoms. The molecule has 4 heteroatoms. The van der Waals surface area contributed by atoms with Crippen LogP contribution in [0.2, 0.25) is 0 Å². The van der Waals surface area contributed by atoms with Gasteiger partial charge in [-0.3, -0.25) is 0 Å². The Labute approximate surface area is 132 Å². The van der Waals surface area contributed by atoms with Gasteiger partial charge in [0.25, 0.3) is 0 Å². The summed E-state index contributed by atoms with van der Waals surface area (Å²) >= 11 is 4.83. The minimum absolute atomic E-state index is 0.0963. The smallest absolute Gasteiger partial charge is 0.135 e. The molecule has 1 aliphatic carbocycles. The second-order valence-electron chi connectivity index (χ2n) is 7.81. The van der Waals surface area contributed by atoms with Crippen molar-refractivity contribution in [2.24, 2.45) is 16.6 Å². The van der Waals surface area contributed by atoms with Crippen molar-refractivity contribution in [2.75, 3.05) is 5.32 Å².